The van der Waals surface area contributed by atoms with Crippen molar-refractivity contribution >= 4 is 9.28 Å². The summed E-state index contributed by atoms with van der Waals surface area (Å²) in [4.78, 5) is 0. The van der Waals surface area contributed by atoms with Crippen molar-refractivity contribution in [2.24, 2.45) is 5.92 Å². The molecule has 1 atom stereocenters. The first-order valence-electron chi connectivity index (χ1n) is 4.17. The van der Waals surface area contributed by atoms with Gasteiger partial charge in [-0.3, -0.25) is 0 Å². The molecule has 0 rings (SSSR count). The van der Waals surface area contributed by atoms with Crippen molar-refractivity contribution in [2.75, 3.05) is 14.2 Å². The van der Waals surface area contributed by atoms with Crippen molar-refractivity contribution in [2.45, 2.75) is 32.7 Å². The minimum Gasteiger partial charge on any atom is -0.400 e. The lowest BCUT2D eigenvalue weighted by atomic mass is 10.1. The van der Waals surface area contributed by atoms with Gasteiger partial charge in [-0.1, -0.05) is 20.8 Å². The molecule has 0 heterocycles. The van der Waals surface area contributed by atoms with Crippen LogP contribution < -0.4 is 0 Å². The lowest BCUT2D eigenvalue weighted by Gasteiger charge is -2.19. The molecule has 0 spiro atoms. The highest BCUT2D eigenvalue weighted by Gasteiger charge is 2.19. The fraction of sp³-hybridized carbons (Fsp3) is 1.00. The molecule has 0 saturated carbocycles. The SMILES string of the molecule is CO[SiH](OC)C(C)CC(C)C. The van der Waals surface area contributed by atoms with Gasteiger partial charge in [0.1, 0.15) is 0 Å². The second-order valence-electron chi connectivity index (χ2n) is 3.45. The first kappa shape index (κ1) is 11.1. The van der Waals surface area contributed by atoms with E-state index in [0.29, 0.717) is 5.54 Å². The first-order valence-corrected chi connectivity index (χ1v) is 5.78. The maximum atomic E-state index is 5.28. The average molecular weight is 176 g/mol. The molecular formula is C8H20O2Si. The molecular weight excluding hydrogens is 156 g/mol. The van der Waals surface area contributed by atoms with E-state index in [9.17, 15) is 0 Å². The summed E-state index contributed by atoms with van der Waals surface area (Å²) in [5.41, 5.74) is 0.616. The third kappa shape index (κ3) is 4.56. The van der Waals surface area contributed by atoms with Gasteiger partial charge in [0.2, 0.25) is 0 Å². The smallest absolute Gasteiger partial charge is 0.323 e. The molecule has 0 aromatic heterocycles. The van der Waals surface area contributed by atoms with Gasteiger partial charge < -0.3 is 8.85 Å². The fourth-order valence-corrected chi connectivity index (χ4v) is 3.30. The Hall–Kier alpha value is 0.137. The Morgan fingerprint density at radius 3 is 1.82 bits per heavy atom. The minimum absolute atomic E-state index is 0.616. The molecule has 0 aromatic carbocycles. The molecule has 0 fully saturated rings. The molecule has 0 aliphatic carbocycles. The van der Waals surface area contributed by atoms with E-state index in [0.717, 1.165) is 5.92 Å². The van der Waals surface area contributed by atoms with Crippen molar-refractivity contribution in [1.29, 1.82) is 0 Å². The minimum atomic E-state index is -1.34. The van der Waals surface area contributed by atoms with Crippen LogP contribution in [0.25, 0.3) is 0 Å². The summed E-state index contributed by atoms with van der Waals surface area (Å²) in [6, 6.07) is 0. The summed E-state index contributed by atoms with van der Waals surface area (Å²) in [5, 5.41) is 0. The summed E-state index contributed by atoms with van der Waals surface area (Å²) >= 11 is 0. The summed E-state index contributed by atoms with van der Waals surface area (Å²) in [6.45, 7) is 6.67. The van der Waals surface area contributed by atoms with E-state index < -0.39 is 9.28 Å². The van der Waals surface area contributed by atoms with Gasteiger partial charge in [0.05, 0.1) is 0 Å². The molecule has 11 heavy (non-hydrogen) atoms. The average Bonchev–Trinajstić information content (AvgIpc) is 1.88. The van der Waals surface area contributed by atoms with E-state index in [1.54, 1.807) is 14.2 Å². The summed E-state index contributed by atoms with van der Waals surface area (Å²) in [6.07, 6.45) is 1.21. The van der Waals surface area contributed by atoms with Crippen LogP contribution in [-0.4, -0.2) is 23.5 Å². The van der Waals surface area contributed by atoms with Gasteiger partial charge in [-0.05, 0) is 17.9 Å². The van der Waals surface area contributed by atoms with Gasteiger partial charge >= 0.3 is 9.28 Å². The maximum Gasteiger partial charge on any atom is 0.323 e. The Bertz CT molecular complexity index is 92.1. The Balaban J connectivity index is 3.68. The van der Waals surface area contributed by atoms with Gasteiger partial charge in [0, 0.05) is 14.2 Å². The molecule has 0 amide bonds. The molecule has 2 nitrogen and oxygen atoms in total. The van der Waals surface area contributed by atoms with Crippen LogP contribution in [0.5, 0.6) is 0 Å². The predicted octanol–water partition coefficient (Wildman–Crippen LogP) is 1.94. The van der Waals surface area contributed by atoms with Crippen LogP contribution in [0.15, 0.2) is 0 Å². The second-order valence-corrected chi connectivity index (χ2v) is 6.26. The fourth-order valence-electron chi connectivity index (χ4n) is 1.42. The molecule has 0 radical (unpaired) electrons. The number of hydrogen-bond donors (Lipinski definition) is 0. The number of hydrogen-bond acceptors (Lipinski definition) is 2. The molecule has 0 aliphatic rings. The zero-order valence-electron chi connectivity index (χ0n) is 8.26. The van der Waals surface area contributed by atoms with Crippen LogP contribution in [0.1, 0.15) is 27.2 Å². The van der Waals surface area contributed by atoms with Gasteiger partial charge in [-0.2, -0.15) is 0 Å². The van der Waals surface area contributed by atoms with Crippen LogP contribution in [-0.2, 0) is 8.85 Å². The van der Waals surface area contributed by atoms with Crippen LogP contribution in [0.4, 0.5) is 0 Å². The standard InChI is InChI=1S/C8H20O2Si/c1-7(2)6-8(3)11(9-4)10-5/h7-8,11H,6H2,1-5H3. The van der Waals surface area contributed by atoms with E-state index in [1.807, 2.05) is 0 Å². The van der Waals surface area contributed by atoms with E-state index in [4.69, 9.17) is 8.85 Å². The lowest BCUT2D eigenvalue weighted by Crippen LogP contribution is -2.25. The largest absolute Gasteiger partial charge is 0.400 e. The van der Waals surface area contributed by atoms with E-state index in [-0.39, 0.29) is 0 Å². The third-order valence-corrected chi connectivity index (χ3v) is 3.90. The molecule has 3 heteroatoms. The molecule has 0 N–H and O–H groups in total. The quantitative estimate of drug-likeness (QED) is 0.596. The number of rotatable bonds is 5. The molecule has 0 saturated heterocycles. The zero-order chi connectivity index (χ0) is 8.85. The Labute approximate surface area is 71.7 Å². The van der Waals surface area contributed by atoms with Gasteiger partial charge in [0.15, 0.2) is 0 Å². The van der Waals surface area contributed by atoms with Gasteiger partial charge in [-0.15, -0.1) is 0 Å². The van der Waals surface area contributed by atoms with E-state index in [2.05, 4.69) is 20.8 Å². The van der Waals surface area contributed by atoms with Crippen LogP contribution >= 0.6 is 0 Å². The van der Waals surface area contributed by atoms with Gasteiger partial charge in [0.25, 0.3) is 0 Å². The maximum absolute atomic E-state index is 5.28. The molecule has 68 valence electrons. The highest BCUT2D eigenvalue weighted by molar-refractivity contribution is 6.46. The van der Waals surface area contributed by atoms with E-state index >= 15 is 0 Å². The van der Waals surface area contributed by atoms with Crippen molar-refractivity contribution in [3.8, 4) is 0 Å². The van der Waals surface area contributed by atoms with E-state index in [1.165, 1.54) is 6.42 Å². The highest BCUT2D eigenvalue weighted by atomic mass is 28.3. The van der Waals surface area contributed by atoms with Crippen molar-refractivity contribution in [3.63, 3.8) is 0 Å². The zero-order valence-corrected chi connectivity index (χ0v) is 9.41. The molecule has 1 unspecified atom stereocenters. The van der Waals surface area contributed by atoms with Gasteiger partial charge in [-0.25, -0.2) is 0 Å². The first-order chi connectivity index (χ1) is 5.11. The summed E-state index contributed by atoms with van der Waals surface area (Å²) < 4.78 is 10.6. The molecule has 0 aliphatic heterocycles. The summed E-state index contributed by atoms with van der Waals surface area (Å²) in [5.74, 6) is 0.741. The molecule has 0 aromatic rings. The predicted molar refractivity (Wildman–Crippen MR) is 50.0 cm³/mol. The Morgan fingerprint density at radius 1 is 1.09 bits per heavy atom. The topological polar surface area (TPSA) is 18.5 Å². The highest BCUT2D eigenvalue weighted by Crippen LogP contribution is 2.20. The third-order valence-electron chi connectivity index (χ3n) is 1.77. The van der Waals surface area contributed by atoms with Crippen LogP contribution in [0.3, 0.4) is 0 Å². The van der Waals surface area contributed by atoms with Crippen molar-refractivity contribution in [3.05, 3.63) is 0 Å². The summed E-state index contributed by atoms with van der Waals surface area (Å²) in [7, 11) is 2.15. The van der Waals surface area contributed by atoms with Crippen molar-refractivity contribution < 1.29 is 8.85 Å². The Kier molecular flexibility index (Phi) is 5.82. The Morgan fingerprint density at radius 2 is 1.55 bits per heavy atom. The van der Waals surface area contributed by atoms with Crippen LogP contribution in [0.2, 0.25) is 5.54 Å². The lowest BCUT2D eigenvalue weighted by molar-refractivity contribution is 0.261. The normalized spacial score (nSPS) is 14.5. The monoisotopic (exact) mass is 176 g/mol. The van der Waals surface area contributed by atoms with Crippen LogP contribution in [0, 0.1) is 5.92 Å². The molecule has 0 bridgehead atoms. The second kappa shape index (κ2) is 5.74. The van der Waals surface area contributed by atoms with Crippen molar-refractivity contribution in [1.82, 2.24) is 0 Å².